The van der Waals surface area contributed by atoms with Crippen LogP contribution in [-0.4, -0.2) is 32.0 Å². The quantitative estimate of drug-likeness (QED) is 0.154. The van der Waals surface area contributed by atoms with E-state index in [4.69, 9.17) is 0 Å². The van der Waals surface area contributed by atoms with Crippen molar-refractivity contribution in [1.29, 1.82) is 0 Å². The van der Waals surface area contributed by atoms with Crippen LogP contribution in [0.4, 0.5) is 5.69 Å². The molecule has 0 atom stereocenters. The summed E-state index contributed by atoms with van der Waals surface area (Å²) >= 11 is 4.96. The molecule has 0 unspecified atom stereocenters. The van der Waals surface area contributed by atoms with Crippen molar-refractivity contribution in [2.45, 2.75) is 10.6 Å². The highest BCUT2D eigenvalue weighted by Crippen LogP contribution is 2.25. The molecule has 40 heavy (non-hydrogen) atoms. The third-order valence-corrected chi connectivity index (χ3v) is 7.22. The molecule has 0 bridgehead atoms. The first-order valence-corrected chi connectivity index (χ1v) is 14.0. The lowest BCUT2D eigenvalue weighted by Gasteiger charge is -2.12. The Morgan fingerprint density at radius 2 is 1.60 bits per heavy atom. The molecule has 0 aliphatic rings. The number of carbonyl (C=O) groups excluding carboxylic acids is 2. The third kappa shape index (κ3) is 7.10. The predicted molar refractivity (Wildman–Crippen MR) is 160 cm³/mol. The van der Waals surface area contributed by atoms with E-state index in [1.165, 1.54) is 0 Å². The van der Waals surface area contributed by atoms with Crippen molar-refractivity contribution in [3.05, 3.63) is 136 Å². The van der Waals surface area contributed by atoms with Gasteiger partial charge in [0.2, 0.25) is 0 Å². The molecule has 0 aliphatic carbocycles. The number of rotatable bonds is 9. The molecule has 0 aliphatic heterocycles. The van der Waals surface area contributed by atoms with Crippen molar-refractivity contribution in [3.8, 4) is 5.69 Å². The highest BCUT2D eigenvalue weighted by Gasteiger charge is 2.16. The van der Waals surface area contributed by atoms with E-state index in [9.17, 15) is 9.59 Å². The Morgan fingerprint density at radius 3 is 2.35 bits per heavy atom. The predicted octanol–water partition coefficient (Wildman–Crippen LogP) is 6.13. The molecule has 4 aromatic carbocycles. The molecule has 0 fully saturated rings. The van der Waals surface area contributed by atoms with Gasteiger partial charge in [0.15, 0.2) is 5.82 Å². The van der Waals surface area contributed by atoms with Gasteiger partial charge in [0.05, 0.1) is 11.4 Å². The number of aromatic nitrogens is 4. The lowest BCUT2D eigenvalue weighted by molar-refractivity contribution is -0.113. The van der Waals surface area contributed by atoms with Gasteiger partial charge in [-0.1, -0.05) is 70.5 Å². The number of nitrogens with one attached hydrogen (secondary N) is 2. The number of hydrogen-bond acceptors (Lipinski definition) is 6. The van der Waals surface area contributed by atoms with Gasteiger partial charge in [-0.3, -0.25) is 9.59 Å². The van der Waals surface area contributed by atoms with Gasteiger partial charge < -0.3 is 10.6 Å². The molecule has 0 spiro atoms. The number of benzene rings is 4. The van der Waals surface area contributed by atoms with Crippen LogP contribution in [0, 0.1) is 0 Å². The van der Waals surface area contributed by atoms with E-state index >= 15 is 0 Å². The van der Waals surface area contributed by atoms with Crippen molar-refractivity contribution in [1.82, 2.24) is 25.5 Å². The van der Waals surface area contributed by atoms with Crippen LogP contribution in [-0.2, 0) is 10.5 Å². The second-order valence-electron chi connectivity index (χ2n) is 8.54. The summed E-state index contributed by atoms with van der Waals surface area (Å²) in [6, 6.07) is 33.4. The SMILES string of the molecule is O=C(Nc1cccc(SCc2nnnn2-c2ccccc2)c1)/C(=C/c1ccc(Br)cc1)NC(=O)c1ccccc1. The fourth-order valence-electron chi connectivity index (χ4n) is 3.74. The third-order valence-electron chi connectivity index (χ3n) is 5.70. The molecule has 10 heteroatoms. The van der Waals surface area contributed by atoms with Crippen molar-refractivity contribution in [2.24, 2.45) is 0 Å². The number of thioether (sulfide) groups is 1. The number of carbonyl (C=O) groups is 2. The summed E-state index contributed by atoms with van der Waals surface area (Å²) < 4.78 is 2.61. The topological polar surface area (TPSA) is 102 Å². The van der Waals surface area contributed by atoms with Gasteiger partial charge >= 0.3 is 0 Å². The largest absolute Gasteiger partial charge is 0.321 e. The Hall–Kier alpha value is -4.54. The fourth-order valence-corrected chi connectivity index (χ4v) is 4.87. The number of amides is 2. The maximum atomic E-state index is 13.4. The summed E-state index contributed by atoms with van der Waals surface area (Å²) in [6.07, 6.45) is 1.64. The Balaban J connectivity index is 1.31. The molecular weight excluding hydrogens is 588 g/mol. The van der Waals surface area contributed by atoms with Crippen molar-refractivity contribution in [2.75, 3.05) is 5.32 Å². The minimum atomic E-state index is -0.442. The maximum Gasteiger partial charge on any atom is 0.272 e. The lowest BCUT2D eigenvalue weighted by Crippen LogP contribution is -2.30. The number of halogens is 1. The summed E-state index contributed by atoms with van der Waals surface area (Å²) in [5, 5.41) is 17.8. The van der Waals surface area contributed by atoms with Crippen LogP contribution in [0.3, 0.4) is 0 Å². The summed E-state index contributed by atoms with van der Waals surface area (Å²) in [5.41, 5.74) is 2.81. The molecule has 2 amide bonds. The average Bonchev–Trinajstić information content (AvgIpc) is 3.47. The number of hydrogen-bond donors (Lipinski definition) is 2. The van der Waals surface area contributed by atoms with E-state index in [2.05, 4.69) is 42.1 Å². The highest BCUT2D eigenvalue weighted by atomic mass is 79.9. The second kappa shape index (κ2) is 13.0. The zero-order valence-corrected chi connectivity index (χ0v) is 23.5. The minimum Gasteiger partial charge on any atom is -0.321 e. The molecule has 1 aromatic heterocycles. The Bertz CT molecular complexity index is 1640. The zero-order chi connectivity index (χ0) is 27.7. The monoisotopic (exact) mass is 610 g/mol. The minimum absolute atomic E-state index is 0.122. The number of tetrazole rings is 1. The lowest BCUT2D eigenvalue weighted by atomic mass is 10.1. The molecule has 1 heterocycles. The fraction of sp³-hybridized carbons (Fsp3) is 0.0333. The van der Waals surface area contributed by atoms with Crippen LogP contribution < -0.4 is 10.6 Å². The van der Waals surface area contributed by atoms with Crippen LogP contribution in [0.5, 0.6) is 0 Å². The zero-order valence-electron chi connectivity index (χ0n) is 21.1. The van der Waals surface area contributed by atoms with Gasteiger partial charge in [-0.25, -0.2) is 0 Å². The van der Waals surface area contributed by atoms with E-state index in [1.54, 1.807) is 52.9 Å². The van der Waals surface area contributed by atoms with Crippen molar-refractivity contribution < 1.29 is 9.59 Å². The molecular formula is C30H23BrN6O2S. The van der Waals surface area contributed by atoms with Gasteiger partial charge in [-0.15, -0.1) is 16.9 Å². The van der Waals surface area contributed by atoms with Crippen molar-refractivity contribution in [3.63, 3.8) is 0 Å². The van der Waals surface area contributed by atoms with Gasteiger partial charge in [0.25, 0.3) is 11.8 Å². The normalized spacial score (nSPS) is 11.2. The molecule has 2 N–H and O–H groups in total. The molecule has 198 valence electrons. The number of anilines is 1. The van der Waals surface area contributed by atoms with Crippen LogP contribution in [0.2, 0.25) is 0 Å². The van der Waals surface area contributed by atoms with Gasteiger partial charge in [0, 0.05) is 20.6 Å². The van der Waals surface area contributed by atoms with E-state index in [0.29, 0.717) is 22.8 Å². The first kappa shape index (κ1) is 27.0. The van der Waals surface area contributed by atoms with Crippen molar-refractivity contribution >= 4 is 51.3 Å². The Kier molecular flexibility index (Phi) is 8.79. The first-order chi connectivity index (χ1) is 19.5. The molecule has 0 saturated heterocycles. The summed E-state index contributed by atoms with van der Waals surface area (Å²) in [4.78, 5) is 27.2. The van der Waals surface area contributed by atoms with E-state index in [-0.39, 0.29) is 11.6 Å². The van der Waals surface area contributed by atoms with Gasteiger partial charge in [0.1, 0.15) is 5.70 Å². The van der Waals surface area contributed by atoms with E-state index < -0.39 is 5.91 Å². The summed E-state index contributed by atoms with van der Waals surface area (Å²) in [6.45, 7) is 0. The van der Waals surface area contributed by atoms with Crippen LogP contribution in [0.1, 0.15) is 21.7 Å². The first-order valence-electron chi connectivity index (χ1n) is 12.3. The Labute approximate surface area is 243 Å². The molecule has 5 rings (SSSR count). The molecule has 5 aromatic rings. The smallest absolute Gasteiger partial charge is 0.272 e. The average molecular weight is 612 g/mol. The number of nitrogens with zero attached hydrogens (tertiary/aromatic N) is 4. The van der Waals surface area contributed by atoms with E-state index in [1.807, 2.05) is 78.9 Å². The standard InChI is InChI=1S/C30H23BrN6O2S/c31-23-16-14-21(15-17-23)18-27(33-29(38)22-8-3-1-4-9-22)30(39)32-24-10-7-13-26(19-24)40-20-28-34-35-36-37(28)25-11-5-2-6-12-25/h1-19H,20H2,(H,32,39)(H,33,38)/b27-18-. The maximum absolute atomic E-state index is 13.4. The van der Waals surface area contributed by atoms with E-state index in [0.717, 1.165) is 20.6 Å². The molecule has 8 nitrogen and oxygen atoms in total. The van der Waals surface area contributed by atoms with Gasteiger partial charge in [-0.2, -0.15) is 4.68 Å². The second-order valence-corrected chi connectivity index (χ2v) is 10.5. The molecule has 0 saturated carbocycles. The summed E-state index contributed by atoms with van der Waals surface area (Å²) in [5.74, 6) is 0.414. The number of para-hydroxylation sites is 1. The Morgan fingerprint density at radius 1 is 0.875 bits per heavy atom. The van der Waals surface area contributed by atoms with Crippen LogP contribution in [0.25, 0.3) is 11.8 Å². The molecule has 0 radical (unpaired) electrons. The van der Waals surface area contributed by atoms with Crippen LogP contribution in [0.15, 0.2) is 124 Å². The summed E-state index contributed by atoms with van der Waals surface area (Å²) in [7, 11) is 0. The highest BCUT2D eigenvalue weighted by molar-refractivity contribution is 9.10. The van der Waals surface area contributed by atoms with Crippen LogP contribution >= 0.6 is 27.7 Å². The van der Waals surface area contributed by atoms with Gasteiger partial charge in [-0.05, 0) is 76.7 Å².